The van der Waals surface area contributed by atoms with E-state index in [2.05, 4.69) is 0 Å². The van der Waals surface area contributed by atoms with Crippen LogP contribution in [-0.4, -0.2) is 37.8 Å². The Morgan fingerprint density at radius 2 is 1.75 bits per heavy atom. The summed E-state index contributed by atoms with van der Waals surface area (Å²) in [7, 11) is -2.15. The van der Waals surface area contributed by atoms with E-state index in [-0.39, 0.29) is 22.4 Å². The smallest absolute Gasteiger partial charge is 0.270 e. The van der Waals surface area contributed by atoms with Crippen LogP contribution in [0.3, 0.4) is 0 Å². The molecule has 2 aromatic rings. The van der Waals surface area contributed by atoms with Gasteiger partial charge in [-0.15, -0.1) is 0 Å². The molecule has 0 radical (unpaired) electrons. The van der Waals surface area contributed by atoms with E-state index in [1.54, 1.807) is 24.1 Å². The number of nitrogens with zero attached hydrogens (tertiary/aromatic N) is 3. The summed E-state index contributed by atoms with van der Waals surface area (Å²) in [5, 5.41) is 11.2. The molecule has 1 atom stereocenters. The second kappa shape index (κ2) is 7.84. The molecule has 0 N–H and O–H groups in total. The van der Waals surface area contributed by atoms with Crippen LogP contribution in [0.25, 0.3) is 0 Å². The number of halogens is 1. The fraction of sp³-hybridized carbons (Fsp3) is 0.368. The third kappa shape index (κ3) is 3.85. The molecule has 7 nitrogen and oxygen atoms in total. The van der Waals surface area contributed by atoms with Gasteiger partial charge in [-0.3, -0.25) is 10.1 Å². The molecule has 9 heteroatoms. The molecule has 28 heavy (non-hydrogen) atoms. The van der Waals surface area contributed by atoms with Gasteiger partial charge in [0.1, 0.15) is 10.7 Å². The van der Waals surface area contributed by atoms with Crippen LogP contribution in [0.5, 0.6) is 0 Å². The summed E-state index contributed by atoms with van der Waals surface area (Å²) < 4.78 is 40.9. The quantitative estimate of drug-likeness (QED) is 0.538. The molecule has 0 aliphatic carbocycles. The SMILES string of the molecule is CC(c1ccc(F)cc1)N(C)c1ccc([N+](=O)[O-])cc1S(=O)(=O)N1CCCC1. The number of hydrogen-bond donors (Lipinski definition) is 0. The van der Waals surface area contributed by atoms with Gasteiger partial charge in [-0.2, -0.15) is 4.31 Å². The minimum absolute atomic E-state index is 0.0833. The first kappa shape index (κ1) is 20.2. The summed E-state index contributed by atoms with van der Waals surface area (Å²) in [6.07, 6.45) is 1.54. The lowest BCUT2D eigenvalue weighted by Crippen LogP contribution is -2.31. The molecular formula is C19H22FN3O4S. The standard InChI is InChI=1S/C19H22FN3O4S/c1-14(15-5-7-16(20)8-6-15)21(2)18-10-9-17(23(24)25)13-19(18)28(26,27)22-11-3-4-12-22/h5-10,13-14H,3-4,11-12H2,1-2H3. The van der Waals surface area contributed by atoms with E-state index in [0.29, 0.717) is 18.8 Å². The number of nitro benzene ring substituents is 1. The number of non-ortho nitro benzene ring substituents is 1. The van der Waals surface area contributed by atoms with Crippen LogP contribution in [0, 0.1) is 15.9 Å². The molecule has 0 bridgehead atoms. The Bertz CT molecular complexity index is 973. The number of rotatable bonds is 6. The van der Waals surface area contributed by atoms with Gasteiger partial charge >= 0.3 is 0 Å². The van der Waals surface area contributed by atoms with Crippen LogP contribution >= 0.6 is 0 Å². The average molecular weight is 407 g/mol. The second-order valence-corrected chi connectivity index (χ2v) is 8.77. The maximum absolute atomic E-state index is 13.2. The number of anilines is 1. The van der Waals surface area contributed by atoms with Crippen molar-refractivity contribution in [2.75, 3.05) is 25.0 Å². The van der Waals surface area contributed by atoms with Gasteiger partial charge in [-0.05, 0) is 43.5 Å². The summed E-state index contributed by atoms with van der Waals surface area (Å²) in [6.45, 7) is 2.67. The first-order valence-electron chi connectivity index (χ1n) is 8.98. The van der Waals surface area contributed by atoms with Crippen molar-refractivity contribution in [1.29, 1.82) is 0 Å². The Labute approximate surface area is 163 Å². The molecule has 1 aliphatic rings. The maximum atomic E-state index is 13.2. The van der Waals surface area contributed by atoms with Gasteiger partial charge in [0.25, 0.3) is 5.69 Å². The largest absolute Gasteiger partial charge is 0.367 e. The molecule has 0 amide bonds. The first-order valence-corrected chi connectivity index (χ1v) is 10.4. The van der Waals surface area contributed by atoms with Gasteiger partial charge in [0, 0.05) is 32.3 Å². The summed E-state index contributed by atoms with van der Waals surface area (Å²) in [5.74, 6) is -0.355. The molecule has 2 aromatic carbocycles. The molecule has 1 aliphatic heterocycles. The molecule has 1 unspecified atom stereocenters. The summed E-state index contributed by atoms with van der Waals surface area (Å²) >= 11 is 0. The first-order chi connectivity index (χ1) is 13.2. The number of hydrogen-bond acceptors (Lipinski definition) is 5. The fourth-order valence-corrected chi connectivity index (χ4v) is 5.12. The highest BCUT2D eigenvalue weighted by Crippen LogP contribution is 2.36. The van der Waals surface area contributed by atoms with E-state index in [1.807, 2.05) is 6.92 Å². The van der Waals surface area contributed by atoms with Crippen molar-refractivity contribution in [2.45, 2.75) is 30.7 Å². The van der Waals surface area contributed by atoms with E-state index in [0.717, 1.165) is 24.5 Å². The van der Waals surface area contributed by atoms with Crippen LogP contribution in [0.2, 0.25) is 0 Å². The highest BCUT2D eigenvalue weighted by Gasteiger charge is 2.32. The third-order valence-corrected chi connectivity index (χ3v) is 7.08. The van der Waals surface area contributed by atoms with Crippen LogP contribution in [0.1, 0.15) is 31.4 Å². The molecule has 0 aromatic heterocycles. The van der Waals surface area contributed by atoms with Crippen molar-refractivity contribution < 1.29 is 17.7 Å². The highest BCUT2D eigenvalue weighted by atomic mass is 32.2. The Morgan fingerprint density at radius 1 is 1.14 bits per heavy atom. The average Bonchev–Trinajstić information content (AvgIpc) is 3.22. The van der Waals surface area contributed by atoms with Crippen LogP contribution < -0.4 is 4.90 Å². The Morgan fingerprint density at radius 3 is 2.32 bits per heavy atom. The van der Waals surface area contributed by atoms with E-state index in [1.165, 1.54) is 28.6 Å². The lowest BCUT2D eigenvalue weighted by atomic mass is 10.1. The van der Waals surface area contributed by atoms with Crippen LogP contribution in [-0.2, 0) is 10.0 Å². The normalized spacial score (nSPS) is 16.1. The third-order valence-electron chi connectivity index (χ3n) is 5.15. The maximum Gasteiger partial charge on any atom is 0.270 e. The lowest BCUT2D eigenvalue weighted by molar-refractivity contribution is -0.385. The fourth-order valence-electron chi connectivity index (χ4n) is 3.36. The van der Waals surface area contributed by atoms with Crippen LogP contribution in [0.4, 0.5) is 15.8 Å². The Kier molecular flexibility index (Phi) is 5.66. The van der Waals surface area contributed by atoms with Crippen molar-refractivity contribution in [3.63, 3.8) is 0 Å². The summed E-state index contributed by atoms with van der Waals surface area (Å²) in [4.78, 5) is 12.3. The summed E-state index contributed by atoms with van der Waals surface area (Å²) in [6, 6.07) is 9.57. The van der Waals surface area contributed by atoms with E-state index in [4.69, 9.17) is 0 Å². The zero-order valence-electron chi connectivity index (χ0n) is 15.7. The second-order valence-electron chi connectivity index (χ2n) is 6.86. The van der Waals surface area contributed by atoms with Gasteiger partial charge in [0.2, 0.25) is 10.0 Å². The van der Waals surface area contributed by atoms with E-state index >= 15 is 0 Å². The topological polar surface area (TPSA) is 83.8 Å². The monoisotopic (exact) mass is 407 g/mol. The Balaban J connectivity index is 2.06. The predicted molar refractivity (Wildman–Crippen MR) is 104 cm³/mol. The molecule has 0 spiro atoms. The van der Waals surface area contributed by atoms with Gasteiger partial charge in [0.15, 0.2) is 0 Å². The number of benzene rings is 2. The van der Waals surface area contributed by atoms with Gasteiger partial charge < -0.3 is 4.90 Å². The van der Waals surface area contributed by atoms with Crippen molar-refractivity contribution >= 4 is 21.4 Å². The molecular weight excluding hydrogens is 385 g/mol. The summed E-state index contributed by atoms with van der Waals surface area (Å²) in [5.41, 5.74) is 0.894. The lowest BCUT2D eigenvalue weighted by Gasteiger charge is -2.30. The predicted octanol–water partition coefficient (Wildman–Crippen LogP) is 3.72. The molecule has 1 fully saturated rings. The zero-order chi connectivity index (χ0) is 20.5. The van der Waals surface area contributed by atoms with Crippen molar-refractivity contribution in [1.82, 2.24) is 4.31 Å². The molecule has 0 saturated carbocycles. The zero-order valence-corrected chi connectivity index (χ0v) is 16.5. The molecule has 3 rings (SSSR count). The molecule has 150 valence electrons. The molecule has 1 saturated heterocycles. The minimum Gasteiger partial charge on any atom is -0.367 e. The van der Waals surface area contributed by atoms with Gasteiger partial charge in [-0.25, -0.2) is 12.8 Å². The minimum atomic E-state index is -3.87. The van der Waals surface area contributed by atoms with E-state index in [9.17, 15) is 22.9 Å². The van der Waals surface area contributed by atoms with E-state index < -0.39 is 14.9 Å². The number of sulfonamides is 1. The van der Waals surface area contributed by atoms with Crippen molar-refractivity contribution in [3.8, 4) is 0 Å². The van der Waals surface area contributed by atoms with Crippen molar-refractivity contribution in [2.24, 2.45) is 0 Å². The van der Waals surface area contributed by atoms with Crippen molar-refractivity contribution in [3.05, 3.63) is 64.0 Å². The Hall–Kier alpha value is -2.52. The number of nitro groups is 1. The van der Waals surface area contributed by atoms with Gasteiger partial charge in [0.05, 0.1) is 16.7 Å². The van der Waals surface area contributed by atoms with Crippen LogP contribution in [0.15, 0.2) is 47.4 Å². The van der Waals surface area contributed by atoms with Gasteiger partial charge in [-0.1, -0.05) is 12.1 Å². The highest BCUT2D eigenvalue weighted by molar-refractivity contribution is 7.89. The molecule has 1 heterocycles.